The zero-order valence-electron chi connectivity index (χ0n) is 8.93. The van der Waals surface area contributed by atoms with Crippen molar-refractivity contribution in [2.75, 3.05) is 19.8 Å². The molecule has 2 N–H and O–H groups in total. The van der Waals surface area contributed by atoms with Crippen LogP contribution in [0.25, 0.3) is 0 Å². The standard InChI is InChI=1S/C10H21N3/c1-4-9(3)10(6-11)7-13-8-12-5-2/h9-10,12-13H,4-5,7-8H2,1-3H3/t9-,10?/m0/s1. The minimum absolute atomic E-state index is 0.142. The normalized spacial score (nSPS) is 14.9. The van der Waals surface area contributed by atoms with Gasteiger partial charge in [-0.25, -0.2) is 0 Å². The first kappa shape index (κ1) is 12.4. The van der Waals surface area contributed by atoms with Crippen LogP contribution in [-0.2, 0) is 0 Å². The molecule has 76 valence electrons. The monoisotopic (exact) mass is 183 g/mol. The molecule has 13 heavy (non-hydrogen) atoms. The lowest BCUT2D eigenvalue weighted by Gasteiger charge is -2.16. The molecule has 0 aromatic rings. The number of rotatable bonds is 7. The number of nitrogens with one attached hydrogen (secondary N) is 2. The van der Waals surface area contributed by atoms with Gasteiger partial charge in [0.25, 0.3) is 0 Å². The van der Waals surface area contributed by atoms with Crippen LogP contribution in [0.15, 0.2) is 0 Å². The quantitative estimate of drug-likeness (QED) is 0.462. The van der Waals surface area contributed by atoms with Gasteiger partial charge in [-0.15, -0.1) is 0 Å². The highest BCUT2D eigenvalue weighted by Gasteiger charge is 2.13. The Morgan fingerprint density at radius 2 is 2.00 bits per heavy atom. The lowest BCUT2D eigenvalue weighted by atomic mass is 9.93. The molecule has 0 bridgehead atoms. The van der Waals surface area contributed by atoms with Crippen molar-refractivity contribution in [1.82, 2.24) is 10.6 Å². The van der Waals surface area contributed by atoms with Gasteiger partial charge < -0.3 is 10.6 Å². The van der Waals surface area contributed by atoms with Crippen LogP contribution in [0.5, 0.6) is 0 Å². The molecule has 3 heteroatoms. The van der Waals surface area contributed by atoms with Crippen molar-refractivity contribution in [2.45, 2.75) is 27.2 Å². The second-order valence-corrected chi connectivity index (χ2v) is 3.36. The van der Waals surface area contributed by atoms with Gasteiger partial charge in [0.1, 0.15) is 0 Å². The molecule has 0 aromatic heterocycles. The van der Waals surface area contributed by atoms with Gasteiger partial charge in [0.2, 0.25) is 0 Å². The van der Waals surface area contributed by atoms with E-state index in [2.05, 4.69) is 37.5 Å². The predicted octanol–water partition coefficient (Wildman–Crippen LogP) is 1.33. The highest BCUT2D eigenvalue weighted by atomic mass is 15.0. The fourth-order valence-corrected chi connectivity index (χ4v) is 1.10. The lowest BCUT2D eigenvalue weighted by Crippen LogP contribution is -2.33. The number of nitriles is 1. The van der Waals surface area contributed by atoms with Crippen molar-refractivity contribution in [3.63, 3.8) is 0 Å². The van der Waals surface area contributed by atoms with Crippen molar-refractivity contribution in [2.24, 2.45) is 11.8 Å². The smallest absolute Gasteiger partial charge is 0.0672 e. The molecule has 0 aliphatic heterocycles. The highest BCUT2D eigenvalue weighted by molar-refractivity contribution is 4.87. The minimum atomic E-state index is 0.142. The van der Waals surface area contributed by atoms with Crippen LogP contribution in [0.4, 0.5) is 0 Å². The third-order valence-electron chi connectivity index (χ3n) is 2.36. The third-order valence-corrected chi connectivity index (χ3v) is 2.36. The summed E-state index contributed by atoms with van der Waals surface area (Å²) in [5, 5.41) is 15.3. The van der Waals surface area contributed by atoms with E-state index in [0.717, 1.165) is 26.2 Å². The summed E-state index contributed by atoms with van der Waals surface area (Å²) >= 11 is 0. The first-order chi connectivity index (χ1) is 6.26. The summed E-state index contributed by atoms with van der Waals surface area (Å²) in [5.74, 6) is 0.628. The molecule has 3 nitrogen and oxygen atoms in total. The predicted molar refractivity (Wildman–Crippen MR) is 55.1 cm³/mol. The first-order valence-corrected chi connectivity index (χ1v) is 5.07. The molecule has 0 rings (SSSR count). The van der Waals surface area contributed by atoms with Crippen LogP contribution < -0.4 is 10.6 Å². The van der Waals surface area contributed by atoms with Gasteiger partial charge >= 0.3 is 0 Å². The molecule has 2 atom stereocenters. The summed E-state index contributed by atoms with van der Waals surface area (Å²) in [6.45, 7) is 8.87. The van der Waals surface area contributed by atoms with E-state index in [4.69, 9.17) is 5.26 Å². The van der Waals surface area contributed by atoms with Crippen LogP contribution in [0.2, 0.25) is 0 Å². The summed E-state index contributed by atoms with van der Waals surface area (Å²) in [4.78, 5) is 0. The van der Waals surface area contributed by atoms with Gasteiger partial charge in [-0.2, -0.15) is 5.26 Å². The molecule has 0 aliphatic carbocycles. The topological polar surface area (TPSA) is 47.8 Å². The maximum atomic E-state index is 8.87. The van der Waals surface area contributed by atoms with Crippen LogP contribution >= 0.6 is 0 Å². The Kier molecular flexibility index (Phi) is 7.66. The Morgan fingerprint density at radius 3 is 2.46 bits per heavy atom. The fourth-order valence-electron chi connectivity index (χ4n) is 1.10. The molecule has 0 saturated carbocycles. The molecule has 0 spiro atoms. The third kappa shape index (κ3) is 5.62. The van der Waals surface area contributed by atoms with Crippen molar-refractivity contribution < 1.29 is 0 Å². The maximum absolute atomic E-state index is 8.87. The average molecular weight is 183 g/mol. The number of nitrogens with zero attached hydrogens (tertiary/aromatic N) is 1. The Morgan fingerprint density at radius 1 is 1.31 bits per heavy atom. The van der Waals surface area contributed by atoms with Crippen molar-refractivity contribution in [3.05, 3.63) is 0 Å². The molecule has 1 unspecified atom stereocenters. The first-order valence-electron chi connectivity index (χ1n) is 5.07. The SMILES string of the molecule is CCNCNCC(C#N)[C@@H](C)CC. The fraction of sp³-hybridized carbons (Fsp3) is 0.900. The molecule has 0 saturated heterocycles. The van der Waals surface area contributed by atoms with E-state index in [9.17, 15) is 0 Å². The molecule has 0 aromatic carbocycles. The van der Waals surface area contributed by atoms with Gasteiger partial charge in [-0.1, -0.05) is 27.2 Å². The highest BCUT2D eigenvalue weighted by Crippen LogP contribution is 2.12. The van der Waals surface area contributed by atoms with Crippen molar-refractivity contribution >= 4 is 0 Å². The van der Waals surface area contributed by atoms with E-state index in [-0.39, 0.29) is 5.92 Å². The summed E-state index contributed by atoms with van der Waals surface area (Å²) in [6, 6.07) is 2.34. The van der Waals surface area contributed by atoms with Crippen LogP contribution in [-0.4, -0.2) is 19.8 Å². The van der Waals surface area contributed by atoms with Gasteiger partial charge in [0.15, 0.2) is 0 Å². The molecular formula is C10H21N3. The molecule has 0 amide bonds. The van der Waals surface area contributed by atoms with Crippen LogP contribution in [0.3, 0.4) is 0 Å². The number of hydrogen-bond donors (Lipinski definition) is 2. The van der Waals surface area contributed by atoms with Gasteiger partial charge in [0, 0.05) is 13.2 Å². The summed E-state index contributed by atoms with van der Waals surface area (Å²) in [5.41, 5.74) is 0. The Labute approximate surface area is 81.5 Å². The zero-order chi connectivity index (χ0) is 10.1. The minimum Gasteiger partial charge on any atom is -0.305 e. The van der Waals surface area contributed by atoms with Gasteiger partial charge in [-0.05, 0) is 12.5 Å². The van der Waals surface area contributed by atoms with E-state index in [1.54, 1.807) is 0 Å². The Hall–Kier alpha value is -0.590. The van der Waals surface area contributed by atoms with E-state index in [1.807, 2.05) is 0 Å². The van der Waals surface area contributed by atoms with Crippen LogP contribution in [0.1, 0.15) is 27.2 Å². The number of hydrogen-bond acceptors (Lipinski definition) is 3. The summed E-state index contributed by atoms with van der Waals surface area (Å²) in [6.07, 6.45) is 1.07. The van der Waals surface area contributed by atoms with E-state index < -0.39 is 0 Å². The molecule has 0 fully saturated rings. The van der Waals surface area contributed by atoms with Gasteiger partial charge in [0.05, 0.1) is 12.0 Å². The molecule has 0 heterocycles. The largest absolute Gasteiger partial charge is 0.305 e. The van der Waals surface area contributed by atoms with Gasteiger partial charge in [-0.3, -0.25) is 0 Å². The van der Waals surface area contributed by atoms with Crippen LogP contribution in [0, 0.1) is 23.2 Å². The Balaban J connectivity index is 3.55. The second kappa shape index (κ2) is 8.03. The zero-order valence-corrected chi connectivity index (χ0v) is 8.93. The molecule has 0 radical (unpaired) electrons. The average Bonchev–Trinajstić information content (AvgIpc) is 2.17. The Bertz CT molecular complexity index is 151. The van der Waals surface area contributed by atoms with Crippen molar-refractivity contribution in [1.29, 1.82) is 5.26 Å². The second-order valence-electron chi connectivity index (χ2n) is 3.36. The molecule has 0 aliphatic rings. The summed E-state index contributed by atoms with van der Waals surface area (Å²) in [7, 11) is 0. The van der Waals surface area contributed by atoms with E-state index >= 15 is 0 Å². The maximum Gasteiger partial charge on any atom is 0.0672 e. The van der Waals surface area contributed by atoms with E-state index in [1.165, 1.54) is 0 Å². The summed E-state index contributed by atoms with van der Waals surface area (Å²) < 4.78 is 0. The van der Waals surface area contributed by atoms with E-state index in [0.29, 0.717) is 5.92 Å². The van der Waals surface area contributed by atoms with Crippen molar-refractivity contribution in [3.8, 4) is 6.07 Å². The lowest BCUT2D eigenvalue weighted by molar-refractivity contribution is 0.397. The molecular weight excluding hydrogens is 162 g/mol.